The lowest BCUT2D eigenvalue weighted by Crippen LogP contribution is -2.37. The molecule has 1 amide bonds. The number of aromatic nitrogens is 1. The lowest BCUT2D eigenvalue weighted by Gasteiger charge is -2.21. The van der Waals surface area contributed by atoms with Gasteiger partial charge in [0.1, 0.15) is 10.0 Å². The van der Waals surface area contributed by atoms with E-state index in [-0.39, 0.29) is 22.5 Å². The van der Waals surface area contributed by atoms with E-state index >= 15 is 0 Å². The smallest absolute Gasteiger partial charge is 0.246 e. The van der Waals surface area contributed by atoms with E-state index in [1.807, 2.05) is 0 Å². The van der Waals surface area contributed by atoms with Gasteiger partial charge in [0.2, 0.25) is 15.9 Å². The van der Waals surface area contributed by atoms with Crippen LogP contribution in [0.4, 0.5) is 0 Å². The Morgan fingerprint density at radius 1 is 1.33 bits per heavy atom. The molecule has 0 aromatic carbocycles. The summed E-state index contributed by atoms with van der Waals surface area (Å²) in [5.41, 5.74) is 0. The molecule has 0 N–H and O–H groups in total. The van der Waals surface area contributed by atoms with E-state index in [1.165, 1.54) is 16.6 Å². The minimum Gasteiger partial charge on any atom is -0.341 e. The van der Waals surface area contributed by atoms with Crippen molar-refractivity contribution in [3.63, 3.8) is 0 Å². The Hall–Kier alpha value is -1.18. The number of amides is 1. The van der Waals surface area contributed by atoms with Crippen molar-refractivity contribution < 1.29 is 13.2 Å². The predicted octanol–water partition coefficient (Wildman–Crippen LogP) is 1.37. The maximum atomic E-state index is 12.6. The SMILES string of the molecule is CCC(=O)N1CCCN(S(=O)(=O)c2cccnc2Cl)CC1. The zero-order chi connectivity index (χ0) is 15.5. The lowest BCUT2D eigenvalue weighted by molar-refractivity contribution is -0.130. The number of nitrogens with zero attached hydrogens (tertiary/aromatic N) is 3. The highest BCUT2D eigenvalue weighted by Gasteiger charge is 2.29. The molecule has 6 nitrogen and oxygen atoms in total. The van der Waals surface area contributed by atoms with Crippen molar-refractivity contribution in [3.8, 4) is 0 Å². The minimum atomic E-state index is -3.67. The first-order chi connectivity index (χ1) is 9.96. The molecule has 0 saturated carbocycles. The normalized spacial score (nSPS) is 17.5. The van der Waals surface area contributed by atoms with Gasteiger partial charge in [-0.2, -0.15) is 4.31 Å². The van der Waals surface area contributed by atoms with Gasteiger partial charge in [0, 0.05) is 38.8 Å². The van der Waals surface area contributed by atoms with Crippen LogP contribution in [0.1, 0.15) is 19.8 Å². The van der Waals surface area contributed by atoms with Gasteiger partial charge < -0.3 is 4.90 Å². The van der Waals surface area contributed by atoms with Crippen LogP contribution >= 0.6 is 11.6 Å². The van der Waals surface area contributed by atoms with Crippen LogP contribution in [0.3, 0.4) is 0 Å². The van der Waals surface area contributed by atoms with Gasteiger partial charge in [0.05, 0.1) is 0 Å². The number of hydrogen-bond acceptors (Lipinski definition) is 4. The average molecular weight is 332 g/mol. The molecule has 1 saturated heterocycles. The second kappa shape index (κ2) is 6.72. The summed E-state index contributed by atoms with van der Waals surface area (Å²) in [7, 11) is -3.67. The van der Waals surface area contributed by atoms with E-state index in [9.17, 15) is 13.2 Å². The maximum absolute atomic E-state index is 12.6. The molecule has 21 heavy (non-hydrogen) atoms. The van der Waals surface area contributed by atoms with E-state index in [4.69, 9.17) is 11.6 Å². The summed E-state index contributed by atoms with van der Waals surface area (Å²) in [6.07, 6.45) is 2.50. The summed E-state index contributed by atoms with van der Waals surface area (Å²) in [6.45, 7) is 3.45. The molecule has 2 rings (SSSR count). The molecule has 8 heteroatoms. The van der Waals surface area contributed by atoms with E-state index in [0.717, 1.165) is 0 Å². The highest BCUT2D eigenvalue weighted by atomic mass is 35.5. The van der Waals surface area contributed by atoms with Gasteiger partial charge in [-0.15, -0.1) is 0 Å². The minimum absolute atomic E-state index is 0.0157. The van der Waals surface area contributed by atoms with E-state index in [1.54, 1.807) is 17.9 Å². The molecular weight excluding hydrogens is 314 g/mol. The molecule has 1 aromatic heterocycles. The third-order valence-electron chi connectivity index (χ3n) is 3.45. The monoisotopic (exact) mass is 331 g/mol. The first kappa shape index (κ1) is 16.2. The first-order valence-corrected chi connectivity index (χ1v) is 8.67. The molecule has 2 heterocycles. The van der Waals surface area contributed by atoms with Crippen molar-refractivity contribution in [3.05, 3.63) is 23.5 Å². The second-order valence-electron chi connectivity index (χ2n) is 4.78. The quantitative estimate of drug-likeness (QED) is 0.784. The number of pyridine rings is 1. The van der Waals surface area contributed by atoms with Gasteiger partial charge >= 0.3 is 0 Å². The van der Waals surface area contributed by atoms with Crippen molar-refractivity contribution in [1.82, 2.24) is 14.2 Å². The average Bonchev–Trinajstić information content (AvgIpc) is 2.73. The fourth-order valence-electron chi connectivity index (χ4n) is 2.31. The van der Waals surface area contributed by atoms with Gasteiger partial charge in [-0.05, 0) is 18.6 Å². The molecule has 1 aliphatic rings. The molecule has 116 valence electrons. The zero-order valence-corrected chi connectivity index (χ0v) is 13.4. The third-order valence-corrected chi connectivity index (χ3v) is 5.80. The molecule has 1 aromatic rings. The molecule has 1 fully saturated rings. The topological polar surface area (TPSA) is 70.6 Å². The van der Waals surface area contributed by atoms with E-state index < -0.39 is 10.0 Å². The summed E-state index contributed by atoms with van der Waals surface area (Å²) in [4.78, 5) is 17.3. The number of sulfonamides is 1. The fraction of sp³-hybridized carbons (Fsp3) is 0.538. The molecule has 1 aliphatic heterocycles. The number of hydrogen-bond donors (Lipinski definition) is 0. The molecule has 0 spiro atoms. The van der Waals surface area contributed by atoms with Crippen molar-refractivity contribution in [1.29, 1.82) is 0 Å². The van der Waals surface area contributed by atoms with Crippen LogP contribution in [-0.2, 0) is 14.8 Å². The Labute approximate surface area is 129 Å². The number of carbonyl (C=O) groups excluding carboxylic acids is 1. The lowest BCUT2D eigenvalue weighted by atomic mass is 10.3. The van der Waals surface area contributed by atoms with Crippen LogP contribution in [0, 0.1) is 0 Å². The molecular formula is C13H18ClN3O3S. The van der Waals surface area contributed by atoms with Crippen LogP contribution in [0.15, 0.2) is 23.2 Å². The van der Waals surface area contributed by atoms with Crippen molar-refractivity contribution in [2.75, 3.05) is 26.2 Å². The Bertz CT molecular complexity index is 621. The highest BCUT2D eigenvalue weighted by molar-refractivity contribution is 7.89. The van der Waals surface area contributed by atoms with Crippen LogP contribution in [0.2, 0.25) is 5.15 Å². The van der Waals surface area contributed by atoms with Gasteiger partial charge in [-0.25, -0.2) is 13.4 Å². The van der Waals surface area contributed by atoms with Crippen LogP contribution in [0.5, 0.6) is 0 Å². The zero-order valence-electron chi connectivity index (χ0n) is 11.8. The van der Waals surface area contributed by atoms with E-state index in [0.29, 0.717) is 32.5 Å². The number of carbonyl (C=O) groups is 1. The highest BCUT2D eigenvalue weighted by Crippen LogP contribution is 2.23. The van der Waals surface area contributed by atoms with Gasteiger partial charge in [-0.3, -0.25) is 4.79 Å². The summed E-state index contributed by atoms with van der Waals surface area (Å²) < 4.78 is 26.6. The predicted molar refractivity (Wildman–Crippen MR) is 79.5 cm³/mol. The summed E-state index contributed by atoms with van der Waals surface area (Å²) in [5, 5.41) is -0.0248. The molecule has 0 radical (unpaired) electrons. The van der Waals surface area contributed by atoms with Gasteiger partial charge in [0.25, 0.3) is 0 Å². The van der Waals surface area contributed by atoms with Crippen LogP contribution in [-0.4, -0.2) is 54.7 Å². The molecule has 0 unspecified atom stereocenters. The molecule has 0 bridgehead atoms. The largest absolute Gasteiger partial charge is 0.341 e. The summed E-state index contributed by atoms with van der Waals surface area (Å²) in [6, 6.07) is 2.99. The van der Waals surface area contributed by atoms with E-state index in [2.05, 4.69) is 4.98 Å². The van der Waals surface area contributed by atoms with Crippen molar-refractivity contribution >= 4 is 27.5 Å². The Kier molecular flexibility index (Phi) is 5.18. The van der Waals surface area contributed by atoms with Gasteiger partial charge in [-0.1, -0.05) is 18.5 Å². The second-order valence-corrected chi connectivity index (χ2v) is 7.05. The third kappa shape index (κ3) is 3.53. The summed E-state index contributed by atoms with van der Waals surface area (Å²) in [5.74, 6) is 0.0497. The number of rotatable bonds is 3. The Morgan fingerprint density at radius 2 is 2.10 bits per heavy atom. The Morgan fingerprint density at radius 3 is 2.76 bits per heavy atom. The van der Waals surface area contributed by atoms with Gasteiger partial charge in [0.15, 0.2) is 0 Å². The molecule has 0 aliphatic carbocycles. The standard InChI is InChI=1S/C13H18ClN3O3S/c1-2-12(18)16-7-4-8-17(10-9-16)21(19,20)11-5-3-6-15-13(11)14/h3,5-6H,2,4,7-10H2,1H3. The number of halogens is 1. The van der Waals surface area contributed by atoms with Crippen molar-refractivity contribution in [2.45, 2.75) is 24.7 Å². The van der Waals surface area contributed by atoms with Crippen LogP contribution in [0.25, 0.3) is 0 Å². The Balaban J connectivity index is 2.19. The van der Waals surface area contributed by atoms with Crippen LogP contribution < -0.4 is 0 Å². The maximum Gasteiger partial charge on any atom is 0.246 e. The first-order valence-electron chi connectivity index (χ1n) is 6.85. The molecule has 0 atom stereocenters. The fourth-order valence-corrected chi connectivity index (χ4v) is 4.21. The summed E-state index contributed by atoms with van der Waals surface area (Å²) >= 11 is 5.89. The van der Waals surface area contributed by atoms with Crippen molar-refractivity contribution in [2.24, 2.45) is 0 Å².